The maximum atomic E-state index is 5.28. The van der Waals surface area contributed by atoms with Gasteiger partial charge in [-0.3, -0.25) is 0 Å². The normalized spacial score (nSPS) is 12.4. The van der Waals surface area contributed by atoms with E-state index in [9.17, 15) is 0 Å². The zero-order chi connectivity index (χ0) is 22.3. The molecular weight excluding hydrogens is 1290 g/mol. The molecule has 0 atom stereocenters. The van der Waals surface area contributed by atoms with Crippen molar-refractivity contribution >= 4 is 104 Å². The minimum atomic E-state index is 0. The van der Waals surface area contributed by atoms with Gasteiger partial charge >= 0.3 is 50.5 Å². The predicted octanol–water partition coefficient (Wildman–Crippen LogP) is 5.82. The van der Waals surface area contributed by atoms with Crippen LogP contribution in [0.4, 0.5) is 5.69 Å². The first-order valence-corrected chi connectivity index (χ1v) is 28.3. The summed E-state index contributed by atoms with van der Waals surface area (Å²) >= 11 is 9.54. The Bertz CT molecular complexity index is 576. The van der Waals surface area contributed by atoms with Crippen LogP contribution in [-0.4, -0.2) is 52.6 Å². The van der Waals surface area contributed by atoms with Gasteiger partial charge in [0, 0.05) is 135 Å². The summed E-state index contributed by atoms with van der Waals surface area (Å²) in [6.45, 7) is 9.66. The summed E-state index contributed by atoms with van der Waals surface area (Å²) in [7, 11) is 0. The molecule has 2 aliphatic rings. The van der Waals surface area contributed by atoms with E-state index < -0.39 is 0 Å². The van der Waals surface area contributed by atoms with Gasteiger partial charge < -0.3 is 34.5 Å². The van der Waals surface area contributed by atoms with Crippen molar-refractivity contribution in [3.8, 4) is 0 Å². The SMILES string of the molecule is C.C1COCCN1.Cc1ccccc1.I.II.I[I-]I.[CH3-].[CH3-].[Y].[Y].c1ccc(N2CCOCC2)cc1. The van der Waals surface area contributed by atoms with Crippen molar-refractivity contribution in [2.45, 2.75) is 14.4 Å². The molecule has 36 heavy (non-hydrogen) atoms. The van der Waals surface area contributed by atoms with Gasteiger partial charge in [0.1, 0.15) is 0 Å². The molecule has 0 unspecified atom stereocenters. The van der Waals surface area contributed by atoms with Gasteiger partial charge in [-0.15, -0.1) is 24.0 Å². The van der Waals surface area contributed by atoms with E-state index in [1.165, 1.54) is 11.3 Å². The number of hydrogen-bond acceptors (Lipinski definition) is 4. The van der Waals surface area contributed by atoms with Crippen molar-refractivity contribution in [3.05, 3.63) is 81.1 Å². The Balaban J connectivity index is -0.0000000622. The number of morpholine rings is 2. The van der Waals surface area contributed by atoms with E-state index in [1.54, 1.807) is 0 Å². The average Bonchev–Trinajstić information content (AvgIpc) is 2.84. The van der Waals surface area contributed by atoms with Gasteiger partial charge in [0.2, 0.25) is 0 Å². The molecule has 0 aliphatic carbocycles. The number of hydrogen-bond donors (Lipinski definition) is 1. The molecule has 1 N–H and O–H groups in total. The summed E-state index contributed by atoms with van der Waals surface area (Å²) < 4.78 is 10.3. The number of anilines is 1. The molecule has 12 heteroatoms. The number of rotatable bonds is 1. The van der Waals surface area contributed by atoms with Crippen molar-refractivity contribution in [2.75, 3.05) is 57.5 Å². The zero-order valence-electron chi connectivity index (χ0n) is 20.6. The average molecular weight is 1330 g/mol. The summed E-state index contributed by atoms with van der Waals surface area (Å²) in [5.41, 5.74) is 2.63. The molecule has 2 radical (unpaired) electrons. The van der Waals surface area contributed by atoms with Gasteiger partial charge in [-0.05, 0) is 19.1 Å². The molecule has 0 amide bonds. The second-order valence-corrected chi connectivity index (χ2v) is 22.3. The third kappa shape index (κ3) is 36.7. The van der Waals surface area contributed by atoms with Gasteiger partial charge in [-0.2, -0.15) is 0 Å². The first-order chi connectivity index (χ1) is 14.8. The molecular formula is C24H41I6N2O2Y2-3. The molecule has 2 heterocycles. The summed E-state index contributed by atoms with van der Waals surface area (Å²) in [6, 6.07) is 20.7. The number of aryl methyl sites for hydroxylation is 1. The van der Waals surface area contributed by atoms with Gasteiger partial charge in [0.15, 0.2) is 0 Å². The molecule has 2 aromatic rings. The van der Waals surface area contributed by atoms with Crippen molar-refractivity contribution in [3.63, 3.8) is 0 Å². The molecule has 0 bridgehead atoms. The number of para-hydroxylation sites is 1. The second kappa shape index (κ2) is 46.7. The first kappa shape index (κ1) is 56.5. The van der Waals surface area contributed by atoms with E-state index in [4.69, 9.17) is 9.47 Å². The molecule has 4 nitrogen and oxygen atoms in total. The van der Waals surface area contributed by atoms with Crippen molar-refractivity contribution in [2.24, 2.45) is 0 Å². The summed E-state index contributed by atoms with van der Waals surface area (Å²) in [5, 5.41) is 3.16. The minimum Gasteiger partial charge on any atom is -0.378 e. The Morgan fingerprint density at radius 1 is 0.750 bits per heavy atom. The number of benzene rings is 2. The molecule has 4 rings (SSSR count). The van der Waals surface area contributed by atoms with Crippen LogP contribution in [0.15, 0.2) is 60.7 Å². The van der Waals surface area contributed by atoms with E-state index in [2.05, 4.69) is 128 Å². The molecule has 0 saturated carbocycles. The van der Waals surface area contributed by atoms with Crippen LogP contribution in [0.3, 0.4) is 0 Å². The number of ether oxygens (including phenoxy) is 2. The van der Waals surface area contributed by atoms with Crippen LogP contribution in [-0.2, 0) is 74.9 Å². The molecule has 2 aromatic carbocycles. The van der Waals surface area contributed by atoms with Crippen molar-refractivity contribution < 1.29 is 88.1 Å². The van der Waals surface area contributed by atoms with E-state index in [0.29, 0.717) is 13.3 Å². The Kier molecular flexibility index (Phi) is 73.2. The summed E-state index contributed by atoms with van der Waals surface area (Å²) in [4.78, 5) is 2.35. The summed E-state index contributed by atoms with van der Waals surface area (Å²) in [6.07, 6.45) is 0. The number of halogens is 6. The van der Waals surface area contributed by atoms with Crippen LogP contribution in [0, 0.1) is 21.8 Å². The van der Waals surface area contributed by atoms with E-state index in [1.807, 2.05) is 24.3 Å². The Labute approximate surface area is 343 Å². The third-order valence-electron chi connectivity index (χ3n) is 3.92. The molecule has 2 aliphatic heterocycles. The third-order valence-corrected chi connectivity index (χ3v) is 3.92. The topological polar surface area (TPSA) is 33.7 Å². The van der Waals surface area contributed by atoms with Gasteiger partial charge in [0.05, 0.1) is 26.4 Å². The number of nitrogens with zero attached hydrogens (tertiary/aromatic N) is 1. The minimum absolute atomic E-state index is 0. The van der Waals surface area contributed by atoms with Crippen molar-refractivity contribution in [1.82, 2.24) is 5.32 Å². The molecule has 2 saturated heterocycles. The van der Waals surface area contributed by atoms with E-state index in [0.717, 1.165) is 52.6 Å². The predicted molar refractivity (Wildman–Crippen MR) is 195 cm³/mol. The van der Waals surface area contributed by atoms with Crippen LogP contribution in [0.2, 0.25) is 0 Å². The number of nitrogens with one attached hydrogen (secondary N) is 1. The van der Waals surface area contributed by atoms with Crippen LogP contribution in [0.5, 0.6) is 0 Å². The van der Waals surface area contributed by atoms with Crippen LogP contribution in [0.25, 0.3) is 0 Å². The van der Waals surface area contributed by atoms with Gasteiger partial charge in [0.25, 0.3) is 0 Å². The maximum absolute atomic E-state index is 5.28. The maximum Gasteiger partial charge on any atom is 0.0642 e. The second-order valence-electron chi connectivity index (χ2n) is 6.01. The fourth-order valence-corrected chi connectivity index (χ4v) is 2.51. The molecule has 0 spiro atoms. The van der Waals surface area contributed by atoms with E-state index >= 15 is 0 Å². The molecule has 0 aromatic heterocycles. The fourth-order valence-electron chi connectivity index (χ4n) is 2.51. The first-order valence-electron chi connectivity index (χ1n) is 9.47. The standard InChI is InChI=1S/C10H13NO.C7H8.C4H9NO.CH4.2CH3.I3.I2.HI.2Y/c1-2-4-10(5-3-1)11-6-8-12-9-7-11;1-7-5-3-2-4-6-7;1-3-6-4-2-5-1;;;;1-3-2;1-2;;;/h1-5H,6-9H2;2-6H,1H3;5H,1-4H2;1H4;2*1H3;;;1H;;/q;;;;3*-1;;;;. The van der Waals surface area contributed by atoms with Crippen LogP contribution < -0.4 is 23.5 Å². The zero-order valence-corrected chi connectivity index (χ0v) is 39.4. The smallest absolute Gasteiger partial charge is 0.0642 e. The van der Waals surface area contributed by atoms with Crippen LogP contribution in [0.1, 0.15) is 13.0 Å². The molecule has 210 valence electrons. The molecule has 2 fully saturated rings. The fraction of sp³-hybridized carbons (Fsp3) is 0.417. The van der Waals surface area contributed by atoms with E-state index in [-0.39, 0.29) is 112 Å². The Hall–Kier alpha value is 4.71. The summed E-state index contributed by atoms with van der Waals surface area (Å²) in [5.74, 6) is 0. The van der Waals surface area contributed by atoms with Crippen molar-refractivity contribution in [1.29, 1.82) is 0 Å². The van der Waals surface area contributed by atoms with Gasteiger partial charge in [-0.1, -0.05) is 61.5 Å². The van der Waals surface area contributed by atoms with Crippen LogP contribution >= 0.6 is 98.4 Å². The largest absolute Gasteiger partial charge is 0.378 e. The Morgan fingerprint density at radius 3 is 1.39 bits per heavy atom. The van der Waals surface area contributed by atoms with Gasteiger partial charge in [-0.25, -0.2) is 0 Å². The quantitative estimate of drug-likeness (QED) is 0.289. The monoisotopic (exact) mass is 1330 g/mol. The Morgan fingerprint density at radius 2 is 1.11 bits per heavy atom.